The Hall–Kier alpha value is -3.59. The fraction of sp³-hybridized carbons (Fsp3) is 0.280. The third-order valence-corrected chi connectivity index (χ3v) is 6.50. The fourth-order valence-electron chi connectivity index (χ4n) is 3.95. The molecule has 0 bridgehead atoms. The monoisotopic (exact) mass is 478 g/mol. The normalized spacial score (nSPS) is 17.0. The number of rotatable bonds is 8. The minimum absolute atomic E-state index is 0.108. The van der Waals surface area contributed by atoms with Gasteiger partial charge in [-0.2, -0.15) is 0 Å². The molecule has 4 rings (SSSR count). The minimum atomic E-state index is -0.464. The van der Waals surface area contributed by atoms with E-state index in [9.17, 15) is 9.59 Å². The van der Waals surface area contributed by atoms with Crippen molar-refractivity contribution in [1.29, 1.82) is 0 Å². The number of amidine groups is 1. The topological polar surface area (TPSA) is 93.1 Å². The molecule has 8 nitrogen and oxygen atoms in total. The molecular weight excluding hydrogens is 452 g/mol. The van der Waals surface area contributed by atoms with Gasteiger partial charge in [0.05, 0.1) is 38.0 Å². The fourth-order valence-corrected chi connectivity index (χ4v) is 4.91. The molecule has 2 aliphatic rings. The molecule has 34 heavy (non-hydrogen) atoms. The first-order valence-corrected chi connectivity index (χ1v) is 11.7. The first-order valence-electron chi connectivity index (χ1n) is 10.8. The molecule has 0 spiro atoms. The highest BCUT2D eigenvalue weighted by molar-refractivity contribution is 8.16. The van der Waals surface area contributed by atoms with Crippen molar-refractivity contribution in [2.45, 2.75) is 25.8 Å². The summed E-state index contributed by atoms with van der Waals surface area (Å²) in [5.74, 6) is 0.160. The van der Waals surface area contributed by atoms with Crippen LogP contribution < -0.4 is 10.1 Å². The van der Waals surface area contributed by atoms with Crippen LogP contribution in [0.1, 0.15) is 30.6 Å². The number of aromatic nitrogens is 1. The van der Waals surface area contributed by atoms with E-state index in [1.165, 1.54) is 18.9 Å². The van der Waals surface area contributed by atoms with Gasteiger partial charge in [-0.1, -0.05) is 30.0 Å². The van der Waals surface area contributed by atoms with Gasteiger partial charge in [0.15, 0.2) is 5.17 Å². The Kier molecular flexibility index (Phi) is 7.32. The predicted molar refractivity (Wildman–Crippen MR) is 131 cm³/mol. The number of carbonyl (C=O) groups excluding carboxylic acids is 2. The Morgan fingerprint density at radius 3 is 2.62 bits per heavy atom. The van der Waals surface area contributed by atoms with E-state index in [1.807, 2.05) is 52.8 Å². The molecule has 0 saturated heterocycles. The lowest BCUT2D eigenvalue weighted by Crippen LogP contribution is -2.38. The SMILES string of the molecule is COC(=O)C1=C(C)N=C2SC=C(CC(=O)NCCc3ccccn3)N2C1c1ccc(OC)cc1. The number of methoxy groups -OCH3 is 2. The number of aliphatic imine (C=N–C) groups is 1. The van der Waals surface area contributed by atoms with E-state index in [1.54, 1.807) is 20.2 Å². The zero-order chi connectivity index (χ0) is 24.1. The molecule has 0 fully saturated rings. The van der Waals surface area contributed by atoms with Crippen LogP contribution in [0.4, 0.5) is 0 Å². The lowest BCUT2D eigenvalue weighted by atomic mass is 9.94. The second-order valence-corrected chi connectivity index (χ2v) is 8.59. The summed E-state index contributed by atoms with van der Waals surface area (Å²) in [6, 6.07) is 12.8. The standard InChI is InChI=1S/C25H26N4O4S/c1-16-22(24(31)33-3)23(17-7-9-20(32-2)10-8-17)29-19(15-34-25(29)28-16)14-21(30)27-13-11-18-6-4-5-12-26-18/h4-10,12,15,23H,11,13-14H2,1-3H3,(H,27,30). The van der Waals surface area contributed by atoms with Crippen molar-refractivity contribution in [2.75, 3.05) is 20.8 Å². The number of pyridine rings is 1. The maximum absolute atomic E-state index is 12.8. The summed E-state index contributed by atoms with van der Waals surface area (Å²) in [4.78, 5) is 36.4. The number of fused-ring (bicyclic) bond motifs is 1. The Morgan fingerprint density at radius 2 is 1.94 bits per heavy atom. The van der Waals surface area contributed by atoms with E-state index in [0.29, 0.717) is 30.0 Å². The Labute approximate surface area is 202 Å². The van der Waals surface area contributed by atoms with Crippen LogP contribution in [0.15, 0.2) is 76.0 Å². The van der Waals surface area contributed by atoms with Crippen LogP contribution in [0, 0.1) is 0 Å². The number of nitrogens with one attached hydrogen (secondary N) is 1. The largest absolute Gasteiger partial charge is 0.497 e. The number of allylic oxidation sites excluding steroid dienone is 1. The number of thioether (sulfide) groups is 1. The quantitative estimate of drug-likeness (QED) is 0.580. The van der Waals surface area contributed by atoms with Crippen LogP contribution in [0.5, 0.6) is 5.75 Å². The van der Waals surface area contributed by atoms with Gasteiger partial charge in [0.1, 0.15) is 5.75 Å². The number of hydrogen-bond donors (Lipinski definition) is 1. The van der Waals surface area contributed by atoms with Crippen molar-refractivity contribution in [3.8, 4) is 5.75 Å². The van der Waals surface area contributed by atoms with Crippen molar-refractivity contribution in [1.82, 2.24) is 15.2 Å². The summed E-state index contributed by atoms with van der Waals surface area (Å²) in [5.41, 5.74) is 3.61. The molecule has 1 amide bonds. The van der Waals surface area contributed by atoms with Gasteiger partial charge in [0, 0.05) is 30.6 Å². The summed E-state index contributed by atoms with van der Waals surface area (Å²) in [7, 11) is 2.96. The number of nitrogens with zero attached hydrogens (tertiary/aromatic N) is 3. The van der Waals surface area contributed by atoms with E-state index in [0.717, 1.165) is 22.1 Å². The number of ether oxygens (including phenoxy) is 2. The van der Waals surface area contributed by atoms with E-state index < -0.39 is 12.0 Å². The van der Waals surface area contributed by atoms with Gasteiger partial charge in [-0.05, 0) is 42.2 Å². The van der Waals surface area contributed by atoms with E-state index in [2.05, 4.69) is 15.3 Å². The first kappa shape index (κ1) is 23.6. The predicted octanol–water partition coefficient (Wildman–Crippen LogP) is 3.59. The second-order valence-electron chi connectivity index (χ2n) is 7.76. The molecule has 0 saturated carbocycles. The molecule has 9 heteroatoms. The molecule has 3 heterocycles. The van der Waals surface area contributed by atoms with Crippen LogP contribution in [0.25, 0.3) is 0 Å². The molecule has 2 aliphatic heterocycles. The van der Waals surface area contributed by atoms with Gasteiger partial charge in [0.25, 0.3) is 0 Å². The van der Waals surface area contributed by atoms with Gasteiger partial charge in [-0.15, -0.1) is 0 Å². The highest BCUT2D eigenvalue weighted by Gasteiger charge is 2.40. The van der Waals surface area contributed by atoms with E-state index in [4.69, 9.17) is 9.47 Å². The maximum atomic E-state index is 12.8. The molecule has 1 aromatic carbocycles. The molecule has 1 unspecified atom stereocenters. The maximum Gasteiger partial charge on any atom is 0.338 e. The number of carbonyl (C=O) groups is 2. The third kappa shape index (κ3) is 4.99. The van der Waals surface area contributed by atoms with Crippen molar-refractivity contribution < 1.29 is 19.1 Å². The van der Waals surface area contributed by atoms with Crippen LogP contribution in [0.3, 0.4) is 0 Å². The Bertz CT molecular complexity index is 1160. The number of benzene rings is 1. The zero-order valence-electron chi connectivity index (χ0n) is 19.3. The van der Waals surface area contributed by atoms with Crippen molar-refractivity contribution in [3.05, 3.63) is 82.3 Å². The van der Waals surface area contributed by atoms with E-state index in [-0.39, 0.29) is 12.3 Å². The molecule has 1 atom stereocenters. The first-order chi connectivity index (χ1) is 16.5. The minimum Gasteiger partial charge on any atom is -0.497 e. The number of amides is 1. The molecule has 0 aliphatic carbocycles. The average molecular weight is 479 g/mol. The molecule has 2 aromatic rings. The van der Waals surface area contributed by atoms with Crippen molar-refractivity contribution in [2.24, 2.45) is 4.99 Å². The molecule has 1 aromatic heterocycles. The van der Waals surface area contributed by atoms with Gasteiger partial charge in [-0.3, -0.25) is 9.78 Å². The second kappa shape index (κ2) is 10.6. The van der Waals surface area contributed by atoms with Gasteiger partial charge < -0.3 is 19.7 Å². The summed E-state index contributed by atoms with van der Waals surface area (Å²) in [6.07, 6.45) is 2.55. The highest BCUT2D eigenvalue weighted by Crippen LogP contribution is 2.44. The molecule has 176 valence electrons. The smallest absolute Gasteiger partial charge is 0.338 e. The lowest BCUT2D eigenvalue weighted by molar-refractivity contribution is -0.136. The Balaban J connectivity index is 1.54. The van der Waals surface area contributed by atoms with E-state index >= 15 is 0 Å². The zero-order valence-corrected chi connectivity index (χ0v) is 20.1. The Morgan fingerprint density at radius 1 is 1.15 bits per heavy atom. The highest BCUT2D eigenvalue weighted by atomic mass is 32.2. The number of esters is 1. The van der Waals surface area contributed by atoms with Crippen LogP contribution in [-0.4, -0.2) is 47.7 Å². The van der Waals surface area contributed by atoms with Gasteiger partial charge >= 0.3 is 5.97 Å². The summed E-state index contributed by atoms with van der Waals surface area (Å²) in [5, 5.41) is 5.60. The summed E-state index contributed by atoms with van der Waals surface area (Å²) < 4.78 is 10.4. The van der Waals surface area contributed by atoms with Crippen LogP contribution in [-0.2, 0) is 20.7 Å². The van der Waals surface area contributed by atoms with Crippen LogP contribution >= 0.6 is 11.8 Å². The van der Waals surface area contributed by atoms with Crippen molar-refractivity contribution >= 4 is 28.8 Å². The van der Waals surface area contributed by atoms with Crippen molar-refractivity contribution in [3.63, 3.8) is 0 Å². The summed E-state index contributed by atoms with van der Waals surface area (Å²) >= 11 is 1.44. The molecule has 0 radical (unpaired) electrons. The van der Waals surface area contributed by atoms with Crippen LogP contribution in [0.2, 0.25) is 0 Å². The molecular formula is C25H26N4O4S. The third-order valence-electron chi connectivity index (χ3n) is 5.61. The summed E-state index contributed by atoms with van der Waals surface area (Å²) in [6.45, 7) is 2.29. The van der Waals surface area contributed by atoms with Gasteiger partial charge in [-0.25, -0.2) is 9.79 Å². The average Bonchev–Trinajstić information content (AvgIpc) is 3.25. The number of hydrogen-bond acceptors (Lipinski definition) is 8. The lowest BCUT2D eigenvalue weighted by Gasteiger charge is -2.36. The van der Waals surface area contributed by atoms with Gasteiger partial charge in [0.2, 0.25) is 5.91 Å². The molecule has 1 N–H and O–H groups in total.